The van der Waals surface area contributed by atoms with Gasteiger partial charge in [-0.1, -0.05) is 6.42 Å². The lowest BCUT2D eigenvalue weighted by molar-refractivity contribution is 0.0697. The summed E-state index contributed by atoms with van der Waals surface area (Å²) in [5, 5.41) is 9.10. The molecule has 6 heteroatoms. The number of rotatable bonds is 3. The van der Waals surface area contributed by atoms with Gasteiger partial charge in [-0.3, -0.25) is 4.90 Å². The maximum absolute atomic E-state index is 11.1. The third-order valence-electron chi connectivity index (χ3n) is 5.68. The van der Waals surface area contributed by atoms with Crippen molar-refractivity contribution in [3.8, 4) is 0 Å². The van der Waals surface area contributed by atoms with E-state index in [9.17, 15) is 4.79 Å². The Morgan fingerprint density at radius 2 is 2.00 bits per heavy atom. The zero-order valence-corrected chi connectivity index (χ0v) is 14.6. The number of fused-ring (bicyclic) bond motifs is 1. The fraction of sp³-hybridized carbons (Fsp3) is 0.579. The van der Waals surface area contributed by atoms with Crippen molar-refractivity contribution in [2.45, 2.75) is 51.1 Å². The summed E-state index contributed by atoms with van der Waals surface area (Å²) < 4.78 is 5.85. The van der Waals surface area contributed by atoms with Gasteiger partial charge in [-0.25, -0.2) is 4.79 Å². The first kappa shape index (κ1) is 16.4. The lowest BCUT2D eigenvalue weighted by Crippen LogP contribution is -2.50. The second-order valence-electron chi connectivity index (χ2n) is 7.28. The van der Waals surface area contributed by atoms with Crippen molar-refractivity contribution in [2.75, 3.05) is 24.5 Å². The Bertz CT molecular complexity index is 764. The SMILES string of the molecule is CC1CCCCN1C1CCN(c2nc3cc(C(=O)O)ccc3o2)CC1. The van der Waals surface area contributed by atoms with Gasteiger partial charge < -0.3 is 14.4 Å². The Kier molecular flexibility index (Phi) is 4.37. The van der Waals surface area contributed by atoms with Gasteiger partial charge in [0, 0.05) is 25.2 Å². The highest BCUT2D eigenvalue weighted by atomic mass is 16.4. The van der Waals surface area contributed by atoms with E-state index in [0.717, 1.165) is 25.9 Å². The van der Waals surface area contributed by atoms with E-state index in [4.69, 9.17) is 9.52 Å². The normalized spacial score (nSPS) is 23.2. The molecule has 1 aromatic heterocycles. The first-order valence-corrected chi connectivity index (χ1v) is 9.26. The van der Waals surface area contributed by atoms with Crippen molar-refractivity contribution >= 4 is 23.1 Å². The standard InChI is InChI=1S/C19H25N3O3/c1-13-4-2-3-9-22(13)15-7-10-21(11-8-15)19-20-16-12-14(18(23)24)5-6-17(16)25-19/h5-6,12-13,15H,2-4,7-11H2,1H3,(H,23,24). The Hall–Kier alpha value is -2.08. The van der Waals surface area contributed by atoms with E-state index < -0.39 is 5.97 Å². The number of hydrogen-bond donors (Lipinski definition) is 1. The summed E-state index contributed by atoms with van der Waals surface area (Å²) in [5.74, 6) is -0.942. The summed E-state index contributed by atoms with van der Waals surface area (Å²) in [6, 6.07) is 6.80. The van der Waals surface area contributed by atoms with Crippen molar-refractivity contribution in [1.82, 2.24) is 9.88 Å². The zero-order chi connectivity index (χ0) is 17.4. The third-order valence-corrected chi connectivity index (χ3v) is 5.68. The van der Waals surface area contributed by atoms with Crippen molar-refractivity contribution in [3.63, 3.8) is 0 Å². The maximum Gasteiger partial charge on any atom is 0.335 e. The summed E-state index contributed by atoms with van der Waals surface area (Å²) in [5.41, 5.74) is 1.50. The van der Waals surface area contributed by atoms with Gasteiger partial charge in [-0.05, 0) is 57.4 Å². The maximum atomic E-state index is 11.1. The number of benzene rings is 1. The number of hydrogen-bond acceptors (Lipinski definition) is 5. The van der Waals surface area contributed by atoms with Crippen LogP contribution in [-0.4, -0.2) is 52.7 Å². The highest BCUT2D eigenvalue weighted by Gasteiger charge is 2.30. The second-order valence-corrected chi connectivity index (χ2v) is 7.28. The zero-order valence-electron chi connectivity index (χ0n) is 14.6. The molecular weight excluding hydrogens is 318 g/mol. The number of nitrogens with zero attached hydrogens (tertiary/aromatic N) is 3. The minimum Gasteiger partial charge on any atom is -0.478 e. The molecule has 4 rings (SSSR count). The minimum atomic E-state index is -0.942. The molecule has 0 bridgehead atoms. The van der Waals surface area contributed by atoms with Crippen LogP contribution in [-0.2, 0) is 0 Å². The Morgan fingerprint density at radius 3 is 2.72 bits per heavy atom. The van der Waals surface area contributed by atoms with E-state index in [0.29, 0.717) is 29.2 Å². The van der Waals surface area contributed by atoms with Crippen LogP contribution in [0.2, 0.25) is 0 Å². The van der Waals surface area contributed by atoms with E-state index in [1.54, 1.807) is 18.2 Å². The van der Waals surface area contributed by atoms with Gasteiger partial charge in [0.15, 0.2) is 5.58 Å². The Labute approximate surface area is 147 Å². The first-order chi connectivity index (χ1) is 12.1. The largest absolute Gasteiger partial charge is 0.478 e. The van der Waals surface area contributed by atoms with Crippen LogP contribution >= 0.6 is 0 Å². The molecule has 134 valence electrons. The number of likely N-dealkylation sites (tertiary alicyclic amines) is 1. The molecule has 2 aromatic rings. The lowest BCUT2D eigenvalue weighted by atomic mass is 9.96. The molecule has 0 saturated carbocycles. The molecule has 1 N–H and O–H groups in total. The number of carbonyl (C=O) groups is 1. The Morgan fingerprint density at radius 1 is 1.20 bits per heavy atom. The minimum absolute atomic E-state index is 0.241. The molecule has 1 atom stereocenters. The molecular formula is C19H25N3O3. The monoisotopic (exact) mass is 343 g/mol. The van der Waals surface area contributed by atoms with Crippen LogP contribution < -0.4 is 4.90 Å². The number of carboxylic acids is 1. The van der Waals surface area contributed by atoms with Gasteiger partial charge in [0.05, 0.1) is 5.56 Å². The average Bonchev–Trinajstić information content (AvgIpc) is 3.05. The smallest absolute Gasteiger partial charge is 0.335 e. The van der Waals surface area contributed by atoms with Crippen LogP contribution in [0.4, 0.5) is 6.01 Å². The first-order valence-electron chi connectivity index (χ1n) is 9.26. The lowest BCUT2D eigenvalue weighted by Gasteiger charge is -2.43. The van der Waals surface area contributed by atoms with Gasteiger partial charge in [-0.2, -0.15) is 4.98 Å². The van der Waals surface area contributed by atoms with Crippen LogP contribution in [0.15, 0.2) is 22.6 Å². The second kappa shape index (κ2) is 6.67. The van der Waals surface area contributed by atoms with Crippen molar-refractivity contribution < 1.29 is 14.3 Å². The van der Waals surface area contributed by atoms with Crippen molar-refractivity contribution in [2.24, 2.45) is 0 Å². The van der Waals surface area contributed by atoms with Crippen molar-refractivity contribution in [1.29, 1.82) is 0 Å². The molecule has 2 aliphatic heterocycles. The molecule has 2 aliphatic rings. The molecule has 6 nitrogen and oxygen atoms in total. The van der Waals surface area contributed by atoms with Gasteiger partial charge >= 0.3 is 5.97 Å². The fourth-order valence-corrected chi connectivity index (χ4v) is 4.24. The third kappa shape index (κ3) is 3.23. The summed E-state index contributed by atoms with van der Waals surface area (Å²) in [6.07, 6.45) is 6.25. The molecule has 1 unspecified atom stereocenters. The topological polar surface area (TPSA) is 69.8 Å². The van der Waals surface area contributed by atoms with Crippen LogP contribution in [0.5, 0.6) is 0 Å². The number of anilines is 1. The van der Waals surface area contributed by atoms with Crippen LogP contribution in [0.1, 0.15) is 49.4 Å². The fourth-order valence-electron chi connectivity index (χ4n) is 4.24. The van der Waals surface area contributed by atoms with Gasteiger partial charge in [0.2, 0.25) is 0 Å². The predicted octanol–water partition coefficient (Wildman–Crippen LogP) is 3.37. The summed E-state index contributed by atoms with van der Waals surface area (Å²) in [7, 11) is 0. The van der Waals surface area contributed by atoms with E-state index in [1.807, 2.05) is 0 Å². The molecule has 0 amide bonds. The Balaban J connectivity index is 1.45. The molecule has 0 spiro atoms. The quantitative estimate of drug-likeness (QED) is 0.921. The van der Waals surface area contributed by atoms with Crippen LogP contribution in [0.3, 0.4) is 0 Å². The number of carboxylic acid groups (broad SMARTS) is 1. The number of aromatic nitrogens is 1. The van der Waals surface area contributed by atoms with Gasteiger partial charge in [0.25, 0.3) is 6.01 Å². The van der Waals surface area contributed by atoms with E-state index >= 15 is 0 Å². The molecule has 0 aliphatic carbocycles. The molecule has 1 aromatic carbocycles. The highest BCUT2D eigenvalue weighted by molar-refractivity contribution is 5.92. The number of piperidine rings is 2. The van der Waals surface area contributed by atoms with Crippen LogP contribution in [0.25, 0.3) is 11.1 Å². The number of oxazole rings is 1. The van der Waals surface area contributed by atoms with E-state index in [1.165, 1.54) is 25.8 Å². The van der Waals surface area contributed by atoms with E-state index in [2.05, 4.69) is 21.7 Å². The summed E-state index contributed by atoms with van der Waals surface area (Å²) in [6.45, 7) is 5.46. The average molecular weight is 343 g/mol. The van der Waals surface area contributed by atoms with Crippen LogP contribution in [0, 0.1) is 0 Å². The summed E-state index contributed by atoms with van der Waals surface area (Å²) in [4.78, 5) is 20.5. The number of aromatic carboxylic acids is 1. The van der Waals surface area contributed by atoms with Gasteiger partial charge in [0.1, 0.15) is 5.52 Å². The molecule has 2 fully saturated rings. The van der Waals surface area contributed by atoms with Gasteiger partial charge in [-0.15, -0.1) is 0 Å². The van der Waals surface area contributed by atoms with Crippen molar-refractivity contribution in [3.05, 3.63) is 23.8 Å². The molecule has 25 heavy (non-hydrogen) atoms. The van der Waals surface area contributed by atoms with E-state index in [-0.39, 0.29) is 5.56 Å². The molecule has 3 heterocycles. The highest BCUT2D eigenvalue weighted by Crippen LogP contribution is 2.29. The molecule has 0 radical (unpaired) electrons. The predicted molar refractivity (Wildman–Crippen MR) is 96.2 cm³/mol. The summed E-state index contributed by atoms with van der Waals surface area (Å²) >= 11 is 0. The molecule has 2 saturated heterocycles.